The standard InChI is InChI=1S/C20H25NO2/c21-19-11-20(12-19,15-22-13-17-7-3-1-4-8-17)16-23-14-18-9-5-2-6-10-18/h1-10,19H,11-16,21H2. The molecule has 1 aliphatic rings. The fraction of sp³-hybridized carbons (Fsp3) is 0.400. The van der Waals surface area contributed by atoms with E-state index >= 15 is 0 Å². The second kappa shape index (κ2) is 7.73. The second-order valence-electron chi connectivity index (χ2n) is 6.63. The van der Waals surface area contributed by atoms with Crippen molar-refractivity contribution >= 4 is 0 Å². The molecular weight excluding hydrogens is 286 g/mol. The summed E-state index contributed by atoms with van der Waals surface area (Å²) >= 11 is 0. The highest BCUT2D eigenvalue weighted by atomic mass is 16.5. The zero-order valence-electron chi connectivity index (χ0n) is 13.5. The molecule has 0 radical (unpaired) electrons. The summed E-state index contributed by atoms with van der Waals surface area (Å²) in [5, 5.41) is 0. The van der Waals surface area contributed by atoms with Gasteiger partial charge in [0.25, 0.3) is 0 Å². The van der Waals surface area contributed by atoms with Crippen LogP contribution in [0.2, 0.25) is 0 Å². The molecule has 0 aromatic heterocycles. The highest BCUT2D eigenvalue weighted by Gasteiger charge is 2.43. The molecule has 0 heterocycles. The van der Waals surface area contributed by atoms with Gasteiger partial charge in [0, 0.05) is 11.5 Å². The SMILES string of the molecule is NC1CC(COCc2ccccc2)(COCc2ccccc2)C1. The molecule has 122 valence electrons. The van der Waals surface area contributed by atoms with Crippen LogP contribution in [-0.4, -0.2) is 19.3 Å². The Morgan fingerprint density at radius 3 is 1.61 bits per heavy atom. The zero-order valence-corrected chi connectivity index (χ0v) is 13.5. The molecule has 3 heteroatoms. The van der Waals surface area contributed by atoms with Crippen molar-refractivity contribution in [1.29, 1.82) is 0 Å². The van der Waals surface area contributed by atoms with Crippen molar-refractivity contribution in [3.8, 4) is 0 Å². The lowest BCUT2D eigenvalue weighted by atomic mass is 9.67. The van der Waals surface area contributed by atoms with E-state index in [2.05, 4.69) is 24.3 Å². The molecule has 3 nitrogen and oxygen atoms in total. The Kier molecular flexibility index (Phi) is 5.44. The lowest BCUT2D eigenvalue weighted by molar-refractivity contribution is -0.0821. The van der Waals surface area contributed by atoms with Crippen molar-refractivity contribution < 1.29 is 9.47 Å². The molecule has 0 bridgehead atoms. The molecule has 0 aliphatic heterocycles. The van der Waals surface area contributed by atoms with Gasteiger partial charge in [-0.3, -0.25) is 0 Å². The summed E-state index contributed by atoms with van der Waals surface area (Å²) in [6, 6.07) is 20.8. The maximum atomic E-state index is 6.01. The minimum atomic E-state index is 0.0863. The third-order valence-electron chi connectivity index (χ3n) is 4.43. The van der Waals surface area contributed by atoms with Crippen molar-refractivity contribution in [1.82, 2.24) is 0 Å². The average molecular weight is 311 g/mol. The van der Waals surface area contributed by atoms with Crippen LogP contribution in [0.5, 0.6) is 0 Å². The quantitative estimate of drug-likeness (QED) is 0.811. The first-order valence-corrected chi connectivity index (χ1v) is 8.25. The van der Waals surface area contributed by atoms with Gasteiger partial charge in [-0.25, -0.2) is 0 Å². The van der Waals surface area contributed by atoms with Crippen LogP contribution in [0.15, 0.2) is 60.7 Å². The van der Waals surface area contributed by atoms with Gasteiger partial charge in [-0.15, -0.1) is 0 Å². The van der Waals surface area contributed by atoms with E-state index in [0.717, 1.165) is 12.8 Å². The minimum Gasteiger partial charge on any atom is -0.376 e. The predicted octanol–water partition coefficient (Wildman–Crippen LogP) is 3.53. The third kappa shape index (κ3) is 4.64. The van der Waals surface area contributed by atoms with Crippen LogP contribution < -0.4 is 5.73 Å². The fourth-order valence-electron chi connectivity index (χ4n) is 3.25. The van der Waals surface area contributed by atoms with Gasteiger partial charge in [0.15, 0.2) is 0 Å². The van der Waals surface area contributed by atoms with E-state index in [1.54, 1.807) is 0 Å². The molecule has 1 saturated carbocycles. The van der Waals surface area contributed by atoms with Gasteiger partial charge < -0.3 is 15.2 Å². The summed E-state index contributed by atoms with van der Waals surface area (Å²) in [6.45, 7) is 2.72. The molecule has 0 spiro atoms. The van der Waals surface area contributed by atoms with E-state index in [9.17, 15) is 0 Å². The Labute approximate surface area is 138 Å². The molecule has 0 saturated heterocycles. The first-order chi connectivity index (χ1) is 11.3. The van der Waals surface area contributed by atoms with E-state index in [1.807, 2.05) is 36.4 Å². The smallest absolute Gasteiger partial charge is 0.0717 e. The maximum absolute atomic E-state index is 6.01. The topological polar surface area (TPSA) is 44.5 Å². The van der Waals surface area contributed by atoms with E-state index in [-0.39, 0.29) is 11.5 Å². The average Bonchev–Trinajstić information content (AvgIpc) is 2.55. The molecule has 3 rings (SSSR count). The molecule has 23 heavy (non-hydrogen) atoms. The normalized spacial score (nSPS) is 16.9. The van der Waals surface area contributed by atoms with Crippen molar-refractivity contribution in [3.05, 3.63) is 71.8 Å². The summed E-state index contributed by atoms with van der Waals surface area (Å²) in [5.41, 5.74) is 8.51. The van der Waals surface area contributed by atoms with Gasteiger partial charge >= 0.3 is 0 Å². The van der Waals surface area contributed by atoms with Gasteiger partial charge in [0.1, 0.15) is 0 Å². The molecule has 0 atom stereocenters. The van der Waals surface area contributed by atoms with Crippen LogP contribution in [0, 0.1) is 5.41 Å². The predicted molar refractivity (Wildman–Crippen MR) is 91.8 cm³/mol. The Morgan fingerprint density at radius 1 is 0.783 bits per heavy atom. The van der Waals surface area contributed by atoms with Crippen LogP contribution >= 0.6 is 0 Å². The summed E-state index contributed by atoms with van der Waals surface area (Å²) in [7, 11) is 0. The van der Waals surface area contributed by atoms with Gasteiger partial charge in [0.2, 0.25) is 0 Å². The van der Waals surface area contributed by atoms with Crippen LogP contribution in [0.25, 0.3) is 0 Å². The molecule has 2 aromatic rings. The second-order valence-corrected chi connectivity index (χ2v) is 6.63. The number of hydrogen-bond acceptors (Lipinski definition) is 3. The highest BCUT2D eigenvalue weighted by Crippen LogP contribution is 2.41. The van der Waals surface area contributed by atoms with Crippen molar-refractivity contribution in [2.24, 2.45) is 11.1 Å². The lowest BCUT2D eigenvalue weighted by Crippen LogP contribution is -2.51. The van der Waals surface area contributed by atoms with Gasteiger partial charge in [0.05, 0.1) is 26.4 Å². The lowest BCUT2D eigenvalue weighted by Gasteiger charge is -2.45. The highest BCUT2D eigenvalue weighted by molar-refractivity contribution is 5.14. The van der Waals surface area contributed by atoms with E-state index < -0.39 is 0 Å². The molecule has 2 N–H and O–H groups in total. The Hall–Kier alpha value is -1.68. The molecular formula is C20H25NO2. The number of benzene rings is 2. The van der Waals surface area contributed by atoms with Crippen LogP contribution in [0.1, 0.15) is 24.0 Å². The molecule has 0 unspecified atom stereocenters. The Bertz CT molecular complexity index is 532. The van der Waals surface area contributed by atoms with Gasteiger partial charge in [-0.05, 0) is 24.0 Å². The van der Waals surface area contributed by atoms with Crippen molar-refractivity contribution in [2.45, 2.75) is 32.1 Å². The van der Waals surface area contributed by atoms with Crippen molar-refractivity contribution in [2.75, 3.05) is 13.2 Å². The Balaban J connectivity index is 1.45. The molecule has 0 amide bonds. The first-order valence-electron chi connectivity index (χ1n) is 8.25. The third-order valence-corrected chi connectivity index (χ3v) is 4.43. The first kappa shape index (κ1) is 16.2. The summed E-state index contributed by atoms with van der Waals surface area (Å²) in [4.78, 5) is 0. The summed E-state index contributed by atoms with van der Waals surface area (Å²) in [5.74, 6) is 0. The van der Waals surface area contributed by atoms with E-state index in [1.165, 1.54) is 11.1 Å². The number of rotatable bonds is 8. The fourth-order valence-corrected chi connectivity index (χ4v) is 3.25. The van der Waals surface area contributed by atoms with E-state index in [4.69, 9.17) is 15.2 Å². The maximum Gasteiger partial charge on any atom is 0.0717 e. The number of ether oxygens (including phenoxy) is 2. The molecule has 2 aromatic carbocycles. The summed E-state index contributed by atoms with van der Waals surface area (Å²) in [6.07, 6.45) is 1.97. The largest absolute Gasteiger partial charge is 0.376 e. The van der Waals surface area contributed by atoms with Crippen LogP contribution in [-0.2, 0) is 22.7 Å². The van der Waals surface area contributed by atoms with Crippen LogP contribution in [0.4, 0.5) is 0 Å². The van der Waals surface area contributed by atoms with Gasteiger partial charge in [-0.1, -0.05) is 60.7 Å². The summed E-state index contributed by atoms with van der Waals surface area (Å²) < 4.78 is 11.9. The zero-order chi connectivity index (χ0) is 16.0. The minimum absolute atomic E-state index is 0.0863. The van der Waals surface area contributed by atoms with E-state index in [0.29, 0.717) is 26.4 Å². The van der Waals surface area contributed by atoms with Crippen LogP contribution in [0.3, 0.4) is 0 Å². The Morgan fingerprint density at radius 2 is 1.22 bits per heavy atom. The number of nitrogens with two attached hydrogens (primary N) is 1. The molecule has 1 fully saturated rings. The molecule has 1 aliphatic carbocycles. The van der Waals surface area contributed by atoms with Crippen molar-refractivity contribution in [3.63, 3.8) is 0 Å². The van der Waals surface area contributed by atoms with Gasteiger partial charge in [-0.2, -0.15) is 0 Å². The monoisotopic (exact) mass is 311 g/mol. The number of hydrogen-bond donors (Lipinski definition) is 1.